The first-order valence-corrected chi connectivity index (χ1v) is 5.41. The van der Waals surface area contributed by atoms with Gasteiger partial charge in [-0.2, -0.15) is 0 Å². The van der Waals surface area contributed by atoms with Gasteiger partial charge in [-0.3, -0.25) is 4.79 Å². The fourth-order valence-electron chi connectivity index (χ4n) is 1.92. The van der Waals surface area contributed by atoms with Gasteiger partial charge in [0.15, 0.2) is 5.78 Å². The van der Waals surface area contributed by atoms with Crippen LogP contribution in [-0.2, 0) is 9.63 Å². The SMILES string of the molecule is CC(=O)C1=CON(C(C)C)C1C(C)(C)C. The molecule has 0 radical (unpaired) electrons. The van der Waals surface area contributed by atoms with E-state index in [0.717, 1.165) is 5.57 Å². The average molecular weight is 211 g/mol. The highest BCUT2D eigenvalue weighted by Gasteiger charge is 2.41. The van der Waals surface area contributed by atoms with E-state index >= 15 is 0 Å². The summed E-state index contributed by atoms with van der Waals surface area (Å²) in [6.45, 7) is 12.1. The molecule has 15 heavy (non-hydrogen) atoms. The Kier molecular flexibility index (Phi) is 3.24. The molecule has 0 aromatic carbocycles. The number of hydroxylamine groups is 2. The topological polar surface area (TPSA) is 29.5 Å². The van der Waals surface area contributed by atoms with Crippen molar-refractivity contribution in [3.63, 3.8) is 0 Å². The van der Waals surface area contributed by atoms with E-state index in [1.165, 1.54) is 0 Å². The Bertz CT molecular complexity index is 286. The molecule has 3 heteroatoms. The van der Waals surface area contributed by atoms with Crippen molar-refractivity contribution < 1.29 is 9.63 Å². The van der Waals surface area contributed by atoms with Crippen LogP contribution in [0.15, 0.2) is 11.8 Å². The van der Waals surface area contributed by atoms with Gasteiger partial charge in [-0.25, -0.2) is 0 Å². The zero-order valence-corrected chi connectivity index (χ0v) is 10.5. The lowest BCUT2D eigenvalue weighted by Gasteiger charge is -2.36. The standard InChI is InChI=1S/C12H21NO2/c1-8(2)13-11(12(4,5)6)10(7-15-13)9(3)14/h7-8,11H,1-6H3. The Morgan fingerprint density at radius 1 is 1.47 bits per heavy atom. The van der Waals surface area contributed by atoms with E-state index in [4.69, 9.17) is 4.84 Å². The number of Topliss-reactive ketones (excluding diaryl/α,β-unsaturated/α-hetero) is 1. The number of hydrogen-bond donors (Lipinski definition) is 0. The summed E-state index contributed by atoms with van der Waals surface area (Å²) in [5, 5.41) is 1.90. The van der Waals surface area contributed by atoms with Crippen LogP contribution in [-0.4, -0.2) is 22.9 Å². The number of ketones is 1. The van der Waals surface area contributed by atoms with Gasteiger partial charge < -0.3 is 4.84 Å². The largest absolute Gasteiger partial charge is 0.412 e. The third kappa shape index (κ3) is 2.40. The summed E-state index contributed by atoms with van der Waals surface area (Å²) in [5.74, 6) is 0.0954. The summed E-state index contributed by atoms with van der Waals surface area (Å²) >= 11 is 0. The van der Waals surface area contributed by atoms with Crippen LogP contribution >= 0.6 is 0 Å². The van der Waals surface area contributed by atoms with Crippen LogP contribution in [0, 0.1) is 5.41 Å². The van der Waals surface area contributed by atoms with Gasteiger partial charge in [-0.05, 0) is 26.2 Å². The normalized spacial score (nSPS) is 22.9. The molecule has 1 atom stereocenters. The Hall–Kier alpha value is -0.830. The molecule has 0 amide bonds. The quantitative estimate of drug-likeness (QED) is 0.703. The minimum absolute atomic E-state index is 0.00171. The zero-order valence-electron chi connectivity index (χ0n) is 10.5. The lowest BCUT2D eigenvalue weighted by molar-refractivity contribution is -0.151. The van der Waals surface area contributed by atoms with Crippen LogP contribution in [0.1, 0.15) is 41.5 Å². The van der Waals surface area contributed by atoms with Gasteiger partial charge in [0.25, 0.3) is 0 Å². The molecule has 0 saturated heterocycles. The Labute approximate surface area is 92.0 Å². The smallest absolute Gasteiger partial charge is 0.160 e. The van der Waals surface area contributed by atoms with E-state index in [0.29, 0.717) is 0 Å². The zero-order chi connectivity index (χ0) is 11.8. The van der Waals surface area contributed by atoms with Gasteiger partial charge in [0.2, 0.25) is 0 Å². The molecule has 1 aliphatic heterocycles. The van der Waals surface area contributed by atoms with Crippen LogP contribution in [0.3, 0.4) is 0 Å². The van der Waals surface area contributed by atoms with E-state index in [-0.39, 0.29) is 23.3 Å². The van der Waals surface area contributed by atoms with E-state index < -0.39 is 0 Å². The van der Waals surface area contributed by atoms with E-state index in [1.54, 1.807) is 13.2 Å². The molecular weight excluding hydrogens is 190 g/mol. The Morgan fingerprint density at radius 3 is 2.33 bits per heavy atom. The predicted octanol–water partition coefficient (Wildman–Crippen LogP) is 2.53. The van der Waals surface area contributed by atoms with Gasteiger partial charge >= 0.3 is 0 Å². The predicted molar refractivity (Wildman–Crippen MR) is 60.1 cm³/mol. The third-order valence-corrected chi connectivity index (χ3v) is 2.59. The maximum Gasteiger partial charge on any atom is 0.160 e. The minimum Gasteiger partial charge on any atom is -0.412 e. The Balaban J connectivity index is 3.00. The summed E-state index contributed by atoms with van der Waals surface area (Å²) in [4.78, 5) is 17.0. The van der Waals surface area contributed by atoms with Crippen LogP contribution in [0.25, 0.3) is 0 Å². The van der Waals surface area contributed by atoms with Crippen molar-refractivity contribution in [3.8, 4) is 0 Å². The van der Waals surface area contributed by atoms with Crippen molar-refractivity contribution in [3.05, 3.63) is 11.8 Å². The van der Waals surface area contributed by atoms with E-state index in [9.17, 15) is 4.79 Å². The fraction of sp³-hybridized carbons (Fsp3) is 0.750. The van der Waals surface area contributed by atoms with Gasteiger partial charge in [-0.15, -0.1) is 5.06 Å². The van der Waals surface area contributed by atoms with Crippen molar-refractivity contribution in [2.45, 2.75) is 53.6 Å². The number of hydrogen-bond acceptors (Lipinski definition) is 3. The summed E-state index contributed by atoms with van der Waals surface area (Å²) in [7, 11) is 0. The van der Waals surface area contributed by atoms with Crippen LogP contribution in [0.2, 0.25) is 0 Å². The molecule has 1 heterocycles. The molecule has 86 valence electrons. The highest BCUT2D eigenvalue weighted by Crippen LogP contribution is 2.35. The lowest BCUT2D eigenvalue weighted by atomic mass is 9.81. The average Bonchev–Trinajstić information content (AvgIpc) is 2.45. The molecule has 1 aliphatic rings. The molecular formula is C12H21NO2. The summed E-state index contributed by atoms with van der Waals surface area (Å²) in [6.07, 6.45) is 1.60. The molecule has 0 N–H and O–H groups in total. The maximum absolute atomic E-state index is 11.5. The van der Waals surface area contributed by atoms with Gasteiger partial charge in [0, 0.05) is 6.04 Å². The summed E-state index contributed by atoms with van der Waals surface area (Å²) in [6, 6.07) is 0.317. The second-order valence-corrected chi connectivity index (χ2v) is 5.46. The highest BCUT2D eigenvalue weighted by molar-refractivity contribution is 5.94. The molecule has 0 aromatic rings. The second-order valence-electron chi connectivity index (χ2n) is 5.46. The van der Waals surface area contributed by atoms with Crippen molar-refractivity contribution in [1.29, 1.82) is 0 Å². The molecule has 0 aliphatic carbocycles. The van der Waals surface area contributed by atoms with Gasteiger partial charge in [-0.1, -0.05) is 20.8 Å². The van der Waals surface area contributed by atoms with E-state index in [1.807, 2.05) is 5.06 Å². The Morgan fingerprint density at radius 2 is 2.00 bits per heavy atom. The van der Waals surface area contributed by atoms with Gasteiger partial charge in [0.05, 0.1) is 11.6 Å². The lowest BCUT2D eigenvalue weighted by Crippen LogP contribution is -2.45. The first-order valence-electron chi connectivity index (χ1n) is 5.41. The van der Waals surface area contributed by atoms with Crippen molar-refractivity contribution in [2.24, 2.45) is 5.41 Å². The number of nitrogens with zero attached hydrogens (tertiary/aromatic N) is 1. The number of carbonyl (C=O) groups excluding carboxylic acids is 1. The van der Waals surface area contributed by atoms with E-state index in [2.05, 4.69) is 34.6 Å². The minimum atomic E-state index is -0.00171. The summed E-state index contributed by atoms with van der Waals surface area (Å²) < 4.78 is 0. The second kappa shape index (κ2) is 3.97. The van der Waals surface area contributed by atoms with Crippen LogP contribution in [0.5, 0.6) is 0 Å². The first kappa shape index (κ1) is 12.2. The molecule has 0 bridgehead atoms. The molecule has 0 aromatic heterocycles. The van der Waals surface area contributed by atoms with Crippen molar-refractivity contribution >= 4 is 5.78 Å². The summed E-state index contributed by atoms with van der Waals surface area (Å²) in [5.41, 5.74) is 0.773. The molecule has 0 spiro atoms. The molecule has 1 rings (SSSR count). The molecule has 0 saturated carbocycles. The van der Waals surface area contributed by atoms with Gasteiger partial charge in [0.1, 0.15) is 6.26 Å². The maximum atomic E-state index is 11.5. The number of carbonyl (C=O) groups is 1. The van der Waals surface area contributed by atoms with Crippen LogP contribution in [0.4, 0.5) is 0 Å². The van der Waals surface area contributed by atoms with Crippen molar-refractivity contribution in [2.75, 3.05) is 0 Å². The molecule has 3 nitrogen and oxygen atoms in total. The van der Waals surface area contributed by atoms with Crippen LogP contribution < -0.4 is 0 Å². The fourth-order valence-corrected chi connectivity index (χ4v) is 1.92. The number of rotatable bonds is 2. The third-order valence-electron chi connectivity index (χ3n) is 2.59. The highest BCUT2D eigenvalue weighted by atomic mass is 16.7. The van der Waals surface area contributed by atoms with Crippen molar-refractivity contribution in [1.82, 2.24) is 5.06 Å². The molecule has 1 unspecified atom stereocenters. The monoisotopic (exact) mass is 211 g/mol. The molecule has 0 fully saturated rings. The first-order chi connectivity index (χ1) is 6.75.